The molecule has 4 amide bonds. The molecular weight excluding hydrogens is 570 g/mol. The van der Waals surface area contributed by atoms with Crippen molar-refractivity contribution in [2.75, 3.05) is 49.9 Å². The Kier molecular flexibility index (Phi) is 9.16. The van der Waals surface area contributed by atoms with Gasteiger partial charge in [0.15, 0.2) is 0 Å². The number of hydrogen-bond donors (Lipinski definition) is 2. The Morgan fingerprint density at radius 2 is 1.51 bits per heavy atom. The lowest BCUT2D eigenvalue weighted by Crippen LogP contribution is -2.51. The van der Waals surface area contributed by atoms with Crippen LogP contribution in [-0.2, 0) is 24.6 Å². The van der Waals surface area contributed by atoms with Gasteiger partial charge in [0.1, 0.15) is 0 Å². The molecule has 1 aromatic heterocycles. The topological polar surface area (TPSA) is 142 Å². The number of nitrogens with zero attached hydrogens (tertiary/aromatic N) is 5. The van der Waals surface area contributed by atoms with Gasteiger partial charge in [-0.25, -0.2) is 9.97 Å². The lowest BCUT2D eigenvalue weighted by atomic mass is 9.72. The first-order valence-electron chi connectivity index (χ1n) is 16.6. The van der Waals surface area contributed by atoms with E-state index in [9.17, 15) is 19.2 Å². The zero-order chi connectivity index (χ0) is 31.6. The van der Waals surface area contributed by atoms with Crippen molar-refractivity contribution >= 4 is 35.3 Å². The molecule has 2 bridgehead atoms. The molecule has 7 rings (SSSR count). The van der Waals surface area contributed by atoms with Gasteiger partial charge >= 0.3 is 0 Å². The Bertz CT molecular complexity index is 1370. The van der Waals surface area contributed by atoms with Crippen LogP contribution in [0.25, 0.3) is 0 Å². The number of nitrogens with one attached hydrogen (secondary N) is 1. The molecule has 3 aliphatic heterocycles. The number of nitrogen functional groups attached to an aromatic ring is 1. The summed E-state index contributed by atoms with van der Waals surface area (Å²) < 4.78 is 0. The number of imide groups is 2. The molecule has 240 valence electrons. The van der Waals surface area contributed by atoms with Crippen LogP contribution < -0.4 is 16.0 Å². The molecule has 2 saturated carbocycles. The largest absolute Gasteiger partial charge is 0.399 e. The molecule has 45 heavy (non-hydrogen) atoms. The van der Waals surface area contributed by atoms with E-state index in [1.807, 2.05) is 25.1 Å². The number of amides is 4. The van der Waals surface area contributed by atoms with E-state index in [0.29, 0.717) is 43.3 Å². The number of likely N-dealkylation sites (tertiary alicyclic amines) is 1. The Labute approximate surface area is 264 Å². The zero-order valence-corrected chi connectivity index (χ0v) is 26.2. The van der Waals surface area contributed by atoms with Crippen molar-refractivity contribution in [3.05, 3.63) is 48.3 Å². The van der Waals surface area contributed by atoms with Gasteiger partial charge < -0.3 is 10.6 Å². The van der Waals surface area contributed by atoms with Crippen LogP contribution in [0.3, 0.4) is 0 Å². The van der Waals surface area contributed by atoms with Gasteiger partial charge in [0, 0.05) is 57.2 Å². The maximum absolute atomic E-state index is 12.7. The summed E-state index contributed by atoms with van der Waals surface area (Å²) in [5.74, 6) is 1.74. The third kappa shape index (κ3) is 6.19. The highest BCUT2D eigenvalue weighted by molar-refractivity contribution is 6.06. The molecule has 0 spiro atoms. The number of piperazine rings is 1. The summed E-state index contributed by atoms with van der Waals surface area (Å²) in [5, 5.41) is 2.43. The summed E-state index contributed by atoms with van der Waals surface area (Å²) in [6, 6.07) is 9.16. The molecule has 5 fully saturated rings. The number of unbranched alkanes of at least 4 members (excludes halogenated alkanes) is 1. The molecule has 5 aliphatic rings. The van der Waals surface area contributed by atoms with Crippen molar-refractivity contribution in [1.82, 2.24) is 25.1 Å². The maximum atomic E-state index is 12.7. The molecule has 1 aromatic carbocycles. The number of rotatable bonds is 8. The van der Waals surface area contributed by atoms with Crippen LogP contribution in [0.5, 0.6) is 0 Å². The van der Waals surface area contributed by atoms with Gasteiger partial charge in [-0.1, -0.05) is 19.1 Å². The average molecular weight is 616 g/mol. The van der Waals surface area contributed by atoms with E-state index in [0.717, 1.165) is 76.3 Å². The average Bonchev–Trinajstić information content (AvgIpc) is 3.75. The molecular formula is C34H45N7O4. The molecule has 4 heterocycles. The van der Waals surface area contributed by atoms with E-state index in [-0.39, 0.29) is 35.5 Å². The Morgan fingerprint density at radius 3 is 2.11 bits per heavy atom. The second kappa shape index (κ2) is 13.2. The predicted molar refractivity (Wildman–Crippen MR) is 170 cm³/mol. The van der Waals surface area contributed by atoms with Crippen LogP contribution in [0.1, 0.15) is 63.9 Å². The first-order chi connectivity index (χ1) is 21.8. The smallest absolute Gasteiger partial charge is 0.237 e. The number of nitrogens with two attached hydrogens (primary N) is 1. The first kappa shape index (κ1) is 31.1. The molecule has 3 saturated heterocycles. The van der Waals surface area contributed by atoms with Crippen molar-refractivity contribution in [2.45, 2.75) is 63.7 Å². The molecule has 0 radical (unpaired) electrons. The van der Waals surface area contributed by atoms with E-state index in [2.05, 4.69) is 25.1 Å². The lowest BCUT2D eigenvalue weighted by Gasteiger charge is -2.34. The number of carbonyl (C=O) groups excluding carboxylic acids is 4. The summed E-state index contributed by atoms with van der Waals surface area (Å²) >= 11 is 0. The van der Waals surface area contributed by atoms with Gasteiger partial charge in [-0.2, -0.15) is 0 Å². The molecule has 3 N–H and O–H groups in total. The van der Waals surface area contributed by atoms with Gasteiger partial charge in [-0.05, 0) is 87.1 Å². The first-order valence-corrected chi connectivity index (χ1v) is 16.6. The predicted octanol–water partition coefficient (Wildman–Crippen LogP) is 2.76. The van der Waals surface area contributed by atoms with Crippen LogP contribution in [0.4, 0.5) is 11.6 Å². The SMILES string of the molecule is CCC1(c2ccc(N)cc2)CCC(=O)NC1=O.O=C1[C@@H]2[C@H]3CC[C@H](C3)[C@@H]2C(=O)N1CCCCN1CCN(c2ncccn2)CC1. The fourth-order valence-corrected chi connectivity index (χ4v) is 8.29. The van der Waals surface area contributed by atoms with Crippen LogP contribution in [-0.4, -0.2) is 82.7 Å². The second-order valence-electron chi connectivity index (χ2n) is 13.2. The second-order valence-corrected chi connectivity index (χ2v) is 13.2. The number of aromatic nitrogens is 2. The highest BCUT2D eigenvalue weighted by Gasteiger charge is 2.60. The Balaban J connectivity index is 0.000000180. The number of piperidine rings is 1. The van der Waals surface area contributed by atoms with Crippen LogP contribution >= 0.6 is 0 Å². The zero-order valence-electron chi connectivity index (χ0n) is 26.2. The van der Waals surface area contributed by atoms with Gasteiger partial charge in [0.05, 0.1) is 17.3 Å². The standard InChI is InChI=1S/C21H29N5O2.C13H16N2O2/c27-19-17-15-4-5-16(14-15)18(17)20(28)26(19)9-2-1-8-24-10-12-25(13-11-24)21-22-6-3-7-23-21;1-2-13(8-7-11(16)15-12(13)17)9-3-5-10(14)6-4-9/h3,6-7,15-18H,1-2,4-5,8-14H2;3-6H,2,7-8,14H2,1H3,(H,15,16,17)/t15-,16+,17+,18-;. The van der Waals surface area contributed by atoms with Crippen molar-refractivity contribution in [3.63, 3.8) is 0 Å². The number of hydrogen-bond acceptors (Lipinski definition) is 9. The summed E-state index contributed by atoms with van der Waals surface area (Å²) in [6.07, 6.45) is 10.6. The lowest BCUT2D eigenvalue weighted by molar-refractivity contribution is -0.141. The van der Waals surface area contributed by atoms with Crippen molar-refractivity contribution < 1.29 is 19.2 Å². The molecule has 2 aromatic rings. The van der Waals surface area contributed by atoms with E-state index in [1.54, 1.807) is 29.4 Å². The van der Waals surface area contributed by atoms with Crippen LogP contribution in [0, 0.1) is 23.7 Å². The Morgan fingerprint density at radius 1 is 0.889 bits per heavy atom. The molecule has 11 nitrogen and oxygen atoms in total. The summed E-state index contributed by atoms with van der Waals surface area (Å²) in [7, 11) is 0. The third-order valence-corrected chi connectivity index (χ3v) is 10.9. The molecule has 5 atom stereocenters. The normalized spacial score (nSPS) is 29.4. The number of benzene rings is 1. The van der Waals surface area contributed by atoms with Gasteiger partial charge in [0.25, 0.3) is 0 Å². The molecule has 1 unspecified atom stereocenters. The fraction of sp³-hybridized carbons (Fsp3) is 0.588. The van der Waals surface area contributed by atoms with Crippen molar-refractivity contribution in [3.8, 4) is 0 Å². The maximum Gasteiger partial charge on any atom is 0.237 e. The van der Waals surface area contributed by atoms with Gasteiger partial charge in [-0.3, -0.25) is 34.3 Å². The molecule has 2 aliphatic carbocycles. The monoisotopic (exact) mass is 615 g/mol. The van der Waals surface area contributed by atoms with E-state index in [4.69, 9.17) is 5.73 Å². The highest BCUT2D eigenvalue weighted by Crippen LogP contribution is 2.56. The quantitative estimate of drug-likeness (QED) is 0.260. The van der Waals surface area contributed by atoms with Crippen molar-refractivity contribution in [1.29, 1.82) is 0 Å². The fourth-order valence-electron chi connectivity index (χ4n) is 8.29. The third-order valence-electron chi connectivity index (χ3n) is 10.9. The van der Waals surface area contributed by atoms with Crippen LogP contribution in [0.2, 0.25) is 0 Å². The van der Waals surface area contributed by atoms with Gasteiger partial charge in [-0.15, -0.1) is 0 Å². The van der Waals surface area contributed by atoms with Crippen LogP contribution in [0.15, 0.2) is 42.7 Å². The summed E-state index contributed by atoms with van der Waals surface area (Å²) in [6.45, 7) is 7.50. The number of anilines is 2. The minimum atomic E-state index is -0.582. The number of fused-ring (bicyclic) bond motifs is 5. The van der Waals surface area contributed by atoms with Gasteiger partial charge in [0.2, 0.25) is 29.6 Å². The Hall–Kier alpha value is -3.86. The summed E-state index contributed by atoms with van der Waals surface area (Å²) in [5.41, 5.74) is 6.66. The minimum absolute atomic E-state index is 0.0273. The highest BCUT2D eigenvalue weighted by atomic mass is 16.2. The summed E-state index contributed by atoms with van der Waals surface area (Å²) in [4.78, 5) is 63.7. The van der Waals surface area contributed by atoms with E-state index in [1.165, 1.54) is 0 Å². The van der Waals surface area contributed by atoms with E-state index >= 15 is 0 Å². The number of carbonyl (C=O) groups is 4. The van der Waals surface area contributed by atoms with E-state index < -0.39 is 5.41 Å². The molecule has 11 heteroatoms. The minimum Gasteiger partial charge on any atom is -0.399 e. The van der Waals surface area contributed by atoms with Crippen molar-refractivity contribution in [2.24, 2.45) is 23.7 Å².